The number of aliphatic hydroxyl groups is 1. The van der Waals surface area contributed by atoms with Gasteiger partial charge < -0.3 is 33.9 Å². The number of fused-ring (bicyclic) bond motifs is 2. The molecule has 0 saturated carbocycles. The summed E-state index contributed by atoms with van der Waals surface area (Å²) in [5.74, 6) is -0.514. The van der Waals surface area contributed by atoms with E-state index in [1.165, 1.54) is 38.5 Å². The molecular weight excluding hydrogens is 504 g/mol. The summed E-state index contributed by atoms with van der Waals surface area (Å²) >= 11 is 0. The van der Waals surface area contributed by atoms with E-state index in [1.807, 2.05) is 0 Å². The third-order valence-corrected chi connectivity index (χ3v) is 6.62. The summed E-state index contributed by atoms with van der Waals surface area (Å²) in [6.45, 7) is 2.13. The van der Waals surface area contributed by atoms with Gasteiger partial charge in [-0.2, -0.15) is 0 Å². The van der Waals surface area contributed by atoms with E-state index in [-0.39, 0.29) is 69.9 Å². The van der Waals surface area contributed by atoms with Crippen molar-refractivity contribution in [3.05, 3.63) is 40.1 Å². The van der Waals surface area contributed by atoms with E-state index in [1.54, 1.807) is 6.08 Å². The summed E-state index contributed by atoms with van der Waals surface area (Å²) in [4.78, 5) is 25.3. The van der Waals surface area contributed by atoms with Crippen molar-refractivity contribution in [2.75, 3.05) is 20.8 Å². The molecule has 0 bridgehead atoms. The fourth-order valence-corrected chi connectivity index (χ4v) is 4.47. The summed E-state index contributed by atoms with van der Waals surface area (Å²) in [6.07, 6.45) is 10.4. The van der Waals surface area contributed by atoms with Crippen molar-refractivity contribution in [1.82, 2.24) is 0 Å². The van der Waals surface area contributed by atoms with Gasteiger partial charge >= 0.3 is 5.97 Å². The maximum absolute atomic E-state index is 13.2. The van der Waals surface area contributed by atoms with Gasteiger partial charge in [0.25, 0.3) is 0 Å². The van der Waals surface area contributed by atoms with Crippen LogP contribution in [0, 0.1) is 0 Å². The molecule has 0 amide bonds. The minimum Gasteiger partial charge on any atom is -0.507 e. The molecule has 0 spiro atoms. The summed E-state index contributed by atoms with van der Waals surface area (Å²) in [7, 11) is 2.83. The quantitative estimate of drug-likeness (QED) is 0.123. The number of hydrogen-bond donors (Lipinski definition) is 3. The maximum atomic E-state index is 13.2. The second-order valence-electron chi connectivity index (χ2n) is 9.51. The van der Waals surface area contributed by atoms with Gasteiger partial charge in [-0.25, -0.2) is 0 Å². The highest BCUT2D eigenvalue weighted by molar-refractivity contribution is 6.00. The van der Waals surface area contributed by atoms with Gasteiger partial charge in [-0.15, -0.1) is 0 Å². The highest BCUT2D eigenvalue weighted by atomic mass is 16.5. The van der Waals surface area contributed by atoms with Crippen molar-refractivity contribution in [3.63, 3.8) is 0 Å². The van der Waals surface area contributed by atoms with Crippen LogP contribution in [0.3, 0.4) is 0 Å². The van der Waals surface area contributed by atoms with Gasteiger partial charge in [0, 0.05) is 24.1 Å². The van der Waals surface area contributed by atoms with Crippen LogP contribution in [0.2, 0.25) is 0 Å². The Balaban J connectivity index is 1.62. The Morgan fingerprint density at radius 1 is 1.00 bits per heavy atom. The number of carbonyl (C=O) groups excluding carboxylic acids is 1. The molecule has 0 aliphatic carbocycles. The van der Waals surface area contributed by atoms with E-state index in [4.69, 9.17) is 18.6 Å². The van der Waals surface area contributed by atoms with Crippen LogP contribution >= 0.6 is 0 Å². The van der Waals surface area contributed by atoms with E-state index in [0.717, 1.165) is 44.9 Å². The second-order valence-corrected chi connectivity index (χ2v) is 9.51. The lowest BCUT2D eigenvalue weighted by molar-refractivity contribution is -0.142. The molecule has 0 fully saturated rings. The molecule has 1 aromatic heterocycles. The average molecular weight is 543 g/mol. The summed E-state index contributed by atoms with van der Waals surface area (Å²) in [5.41, 5.74) is -0.262. The molecule has 9 heteroatoms. The van der Waals surface area contributed by atoms with Gasteiger partial charge in [0.15, 0.2) is 11.3 Å². The van der Waals surface area contributed by atoms with Gasteiger partial charge in [0.2, 0.25) is 5.43 Å². The molecule has 3 rings (SSSR count). The predicted octanol–water partition coefficient (Wildman–Crippen LogP) is 5.82. The molecule has 0 aliphatic rings. The van der Waals surface area contributed by atoms with Crippen LogP contribution in [0.25, 0.3) is 28.0 Å². The largest absolute Gasteiger partial charge is 0.507 e. The van der Waals surface area contributed by atoms with Crippen LogP contribution in [0.5, 0.6) is 23.0 Å². The van der Waals surface area contributed by atoms with Crippen molar-refractivity contribution in [3.8, 4) is 23.0 Å². The lowest BCUT2D eigenvalue weighted by Gasteiger charge is -2.11. The van der Waals surface area contributed by atoms with Crippen LogP contribution in [-0.4, -0.2) is 48.2 Å². The molecule has 39 heavy (non-hydrogen) atoms. The van der Waals surface area contributed by atoms with E-state index < -0.39 is 5.43 Å². The number of rotatable bonds is 15. The fraction of sp³-hybridized carbons (Fsp3) is 0.467. The fourth-order valence-electron chi connectivity index (χ4n) is 4.47. The zero-order chi connectivity index (χ0) is 28.4. The number of hydrogen-bond acceptors (Lipinski definition) is 9. The molecule has 9 nitrogen and oxygen atoms in total. The topological polar surface area (TPSA) is 136 Å². The number of aromatic hydroxyl groups is 2. The van der Waals surface area contributed by atoms with Crippen molar-refractivity contribution in [1.29, 1.82) is 0 Å². The van der Waals surface area contributed by atoms with Crippen molar-refractivity contribution < 1.29 is 38.7 Å². The standard InChI is InChI=1S/C30H38O9/c1-4-5-7-12-20(31)13-8-6-9-14-25(33)38-15-10-11-19-16-24(37-3)30-27(28(19)34)29(35)26-22(32)17-21(36-2)18-23(26)39-30/h10-11,16-18,20,31-32,34H,4-9,12-15H2,1-3H3/b11-10-/t20-/m1/s1. The average Bonchev–Trinajstić information content (AvgIpc) is 2.91. The Morgan fingerprint density at radius 2 is 1.74 bits per heavy atom. The number of ether oxygens (including phenoxy) is 3. The van der Waals surface area contributed by atoms with E-state index in [0.29, 0.717) is 12.2 Å². The SMILES string of the molecule is CCCCC[C@@H](O)CCCCCC(=O)OC/C=C\c1cc(OC)c2oc3cc(OC)cc(O)c3c(=O)c2c1O. The third-order valence-electron chi connectivity index (χ3n) is 6.62. The van der Waals surface area contributed by atoms with E-state index >= 15 is 0 Å². The molecule has 3 N–H and O–H groups in total. The Kier molecular flexibility index (Phi) is 11.0. The molecule has 0 saturated heterocycles. The minimum absolute atomic E-state index is 0.0122. The van der Waals surface area contributed by atoms with Crippen LogP contribution < -0.4 is 14.9 Å². The first-order chi connectivity index (χ1) is 18.8. The van der Waals surface area contributed by atoms with Gasteiger partial charge in [0.1, 0.15) is 40.2 Å². The number of phenols is 2. The Hall–Kier alpha value is -3.72. The first kappa shape index (κ1) is 29.8. The Labute approximate surface area is 227 Å². The molecule has 212 valence electrons. The van der Waals surface area contributed by atoms with E-state index in [9.17, 15) is 24.9 Å². The van der Waals surface area contributed by atoms with Crippen molar-refractivity contribution >= 4 is 34.0 Å². The number of benzene rings is 2. The number of aliphatic hydroxyl groups excluding tert-OH is 1. The Morgan fingerprint density at radius 3 is 2.44 bits per heavy atom. The van der Waals surface area contributed by atoms with Crippen LogP contribution in [0.4, 0.5) is 0 Å². The zero-order valence-electron chi connectivity index (χ0n) is 22.8. The van der Waals surface area contributed by atoms with E-state index in [2.05, 4.69) is 6.92 Å². The normalized spacial score (nSPS) is 12.3. The monoisotopic (exact) mass is 542 g/mol. The highest BCUT2D eigenvalue weighted by Gasteiger charge is 2.21. The molecule has 0 radical (unpaired) electrons. The predicted molar refractivity (Wildman–Crippen MR) is 150 cm³/mol. The smallest absolute Gasteiger partial charge is 0.306 e. The van der Waals surface area contributed by atoms with Gasteiger partial charge in [-0.1, -0.05) is 45.1 Å². The lowest BCUT2D eigenvalue weighted by atomic mass is 10.0. The number of carbonyl (C=O) groups is 1. The molecule has 1 atom stereocenters. The first-order valence-electron chi connectivity index (χ1n) is 13.4. The minimum atomic E-state index is -0.627. The summed E-state index contributed by atoms with van der Waals surface area (Å²) < 4.78 is 21.6. The second kappa shape index (κ2) is 14.4. The first-order valence-corrected chi connectivity index (χ1v) is 13.4. The number of methoxy groups -OCH3 is 2. The number of esters is 1. The summed E-state index contributed by atoms with van der Waals surface area (Å²) in [6, 6.07) is 4.25. The highest BCUT2D eigenvalue weighted by Crippen LogP contribution is 2.39. The molecule has 3 aromatic rings. The van der Waals surface area contributed by atoms with Crippen LogP contribution in [-0.2, 0) is 9.53 Å². The van der Waals surface area contributed by atoms with Crippen LogP contribution in [0.1, 0.15) is 70.3 Å². The van der Waals surface area contributed by atoms with Gasteiger partial charge in [-0.3, -0.25) is 9.59 Å². The number of phenolic OH excluding ortho intramolecular Hbond substituents is 2. The summed E-state index contributed by atoms with van der Waals surface area (Å²) in [5, 5.41) is 31.0. The maximum Gasteiger partial charge on any atom is 0.306 e. The van der Waals surface area contributed by atoms with Crippen molar-refractivity contribution in [2.24, 2.45) is 0 Å². The third kappa shape index (κ3) is 7.66. The molecule has 2 aromatic carbocycles. The van der Waals surface area contributed by atoms with Crippen LogP contribution in [0.15, 0.2) is 33.5 Å². The zero-order valence-corrected chi connectivity index (χ0v) is 22.8. The molecular formula is C30H38O9. The van der Waals surface area contributed by atoms with Crippen molar-refractivity contribution in [2.45, 2.75) is 70.8 Å². The molecule has 1 heterocycles. The Bertz CT molecular complexity index is 1360. The lowest BCUT2D eigenvalue weighted by Crippen LogP contribution is -2.07. The molecule has 0 unspecified atom stereocenters. The molecule has 0 aliphatic heterocycles. The number of unbranched alkanes of at least 4 members (excludes halogenated alkanes) is 4. The van der Waals surface area contributed by atoms with Gasteiger partial charge in [0.05, 0.1) is 20.3 Å². The van der Waals surface area contributed by atoms with Gasteiger partial charge in [-0.05, 0) is 31.4 Å².